The Kier molecular flexibility index (Phi) is 6.73. The lowest BCUT2D eigenvalue weighted by molar-refractivity contribution is -0.112. The van der Waals surface area contributed by atoms with E-state index in [0.29, 0.717) is 0 Å². The molecule has 0 bridgehead atoms. The summed E-state index contributed by atoms with van der Waals surface area (Å²) < 4.78 is 0. The molecule has 0 aromatic heterocycles. The van der Waals surface area contributed by atoms with Crippen molar-refractivity contribution in [2.45, 2.75) is 52.9 Å². The van der Waals surface area contributed by atoms with Crippen molar-refractivity contribution in [3.05, 3.63) is 11.6 Å². The average Bonchev–Trinajstić information content (AvgIpc) is 1.97. The molecule has 0 saturated heterocycles. The van der Waals surface area contributed by atoms with E-state index in [-0.39, 0.29) is 5.78 Å². The first-order valence-electron chi connectivity index (χ1n) is 4.84. The predicted octanol–water partition coefficient (Wildman–Crippen LogP) is 3.49. The minimum atomic E-state index is 0.169. The molecular weight excluding hydrogens is 148 g/mol. The van der Waals surface area contributed by atoms with E-state index in [9.17, 15) is 4.79 Å². The fourth-order valence-electron chi connectivity index (χ4n) is 1.25. The molecule has 0 aliphatic carbocycles. The molecule has 0 radical (unpaired) electrons. The minimum Gasteiger partial charge on any atom is -0.295 e. The van der Waals surface area contributed by atoms with Gasteiger partial charge < -0.3 is 0 Å². The average molecular weight is 168 g/mol. The van der Waals surface area contributed by atoms with Gasteiger partial charge in [0.05, 0.1) is 0 Å². The van der Waals surface area contributed by atoms with Gasteiger partial charge in [-0.15, -0.1) is 0 Å². The molecule has 0 aliphatic heterocycles. The molecule has 0 aromatic carbocycles. The molecule has 1 heteroatoms. The molecule has 12 heavy (non-hydrogen) atoms. The molecule has 0 atom stereocenters. The quantitative estimate of drug-likeness (QED) is 0.438. The van der Waals surface area contributed by atoms with Crippen molar-refractivity contribution in [2.24, 2.45) is 0 Å². The van der Waals surface area contributed by atoms with Crippen LogP contribution >= 0.6 is 0 Å². The van der Waals surface area contributed by atoms with Crippen LogP contribution in [0.5, 0.6) is 0 Å². The van der Waals surface area contributed by atoms with Gasteiger partial charge in [0, 0.05) is 0 Å². The van der Waals surface area contributed by atoms with Crippen molar-refractivity contribution < 1.29 is 4.79 Å². The van der Waals surface area contributed by atoms with Gasteiger partial charge >= 0.3 is 0 Å². The lowest BCUT2D eigenvalue weighted by Gasteiger charge is -1.99. The molecule has 0 fully saturated rings. The lowest BCUT2D eigenvalue weighted by atomic mass is 10.1. The molecule has 0 rings (SSSR count). The van der Waals surface area contributed by atoms with Crippen molar-refractivity contribution in [3.63, 3.8) is 0 Å². The molecular formula is C11H20O. The van der Waals surface area contributed by atoms with Crippen molar-refractivity contribution in [2.75, 3.05) is 0 Å². The van der Waals surface area contributed by atoms with Crippen molar-refractivity contribution in [1.29, 1.82) is 0 Å². The SMILES string of the molecule is CCCCCCC(C)=CC(C)=O. The number of ketones is 1. The minimum absolute atomic E-state index is 0.169. The molecule has 0 unspecified atom stereocenters. The van der Waals surface area contributed by atoms with E-state index < -0.39 is 0 Å². The molecule has 1 nitrogen and oxygen atoms in total. The fourth-order valence-corrected chi connectivity index (χ4v) is 1.25. The third-order valence-electron chi connectivity index (χ3n) is 1.87. The van der Waals surface area contributed by atoms with Crippen molar-refractivity contribution in [1.82, 2.24) is 0 Å². The summed E-state index contributed by atoms with van der Waals surface area (Å²) in [5.74, 6) is 0.169. The van der Waals surface area contributed by atoms with Gasteiger partial charge in [-0.25, -0.2) is 0 Å². The monoisotopic (exact) mass is 168 g/mol. The Morgan fingerprint density at radius 3 is 2.33 bits per heavy atom. The maximum atomic E-state index is 10.7. The number of unbranched alkanes of at least 4 members (excludes halogenated alkanes) is 3. The van der Waals surface area contributed by atoms with E-state index in [1.807, 2.05) is 6.92 Å². The Bertz CT molecular complexity index is 156. The molecule has 0 amide bonds. The molecule has 0 heterocycles. The zero-order valence-corrected chi connectivity index (χ0v) is 8.52. The highest BCUT2D eigenvalue weighted by molar-refractivity contribution is 5.87. The van der Waals surface area contributed by atoms with Gasteiger partial charge in [-0.3, -0.25) is 4.79 Å². The Morgan fingerprint density at radius 1 is 1.17 bits per heavy atom. The second-order valence-corrected chi connectivity index (χ2v) is 3.41. The normalized spacial score (nSPS) is 11.8. The van der Waals surface area contributed by atoms with Crippen LogP contribution in [0.25, 0.3) is 0 Å². The molecule has 0 spiro atoms. The van der Waals surface area contributed by atoms with Gasteiger partial charge in [-0.2, -0.15) is 0 Å². The molecule has 70 valence electrons. The van der Waals surface area contributed by atoms with Crippen molar-refractivity contribution >= 4 is 5.78 Å². The van der Waals surface area contributed by atoms with Gasteiger partial charge in [0.2, 0.25) is 0 Å². The summed E-state index contributed by atoms with van der Waals surface area (Å²) in [5, 5.41) is 0. The fraction of sp³-hybridized carbons (Fsp3) is 0.727. The van der Waals surface area contributed by atoms with E-state index in [1.54, 1.807) is 13.0 Å². The second kappa shape index (κ2) is 7.08. The third-order valence-corrected chi connectivity index (χ3v) is 1.87. The van der Waals surface area contributed by atoms with E-state index in [4.69, 9.17) is 0 Å². The number of carbonyl (C=O) groups excluding carboxylic acids is 1. The molecule has 0 N–H and O–H groups in total. The van der Waals surface area contributed by atoms with Crippen LogP contribution in [0, 0.1) is 0 Å². The molecule has 0 aromatic rings. The summed E-state index contributed by atoms with van der Waals surface area (Å²) in [6.45, 7) is 5.85. The topological polar surface area (TPSA) is 17.1 Å². The van der Waals surface area contributed by atoms with Crippen LogP contribution in [0.1, 0.15) is 52.9 Å². The van der Waals surface area contributed by atoms with Crippen LogP contribution in [-0.2, 0) is 4.79 Å². The predicted molar refractivity (Wildman–Crippen MR) is 53.2 cm³/mol. The zero-order chi connectivity index (χ0) is 9.40. The highest BCUT2D eigenvalue weighted by atomic mass is 16.1. The maximum absolute atomic E-state index is 10.7. The Hall–Kier alpha value is -0.590. The summed E-state index contributed by atoms with van der Waals surface area (Å²) in [6, 6.07) is 0. The number of hydrogen-bond donors (Lipinski definition) is 0. The Balaban J connectivity index is 3.43. The Labute approximate surface area is 75.9 Å². The van der Waals surface area contributed by atoms with E-state index in [2.05, 4.69) is 6.92 Å². The number of rotatable bonds is 6. The highest BCUT2D eigenvalue weighted by Gasteiger charge is 1.92. The zero-order valence-electron chi connectivity index (χ0n) is 8.52. The van der Waals surface area contributed by atoms with E-state index in [1.165, 1.54) is 31.3 Å². The van der Waals surface area contributed by atoms with Gasteiger partial charge in [-0.05, 0) is 32.8 Å². The van der Waals surface area contributed by atoms with Crippen molar-refractivity contribution in [3.8, 4) is 0 Å². The van der Waals surface area contributed by atoms with Crippen LogP contribution in [0.4, 0.5) is 0 Å². The number of carbonyl (C=O) groups is 1. The first kappa shape index (κ1) is 11.4. The first-order valence-corrected chi connectivity index (χ1v) is 4.84. The Morgan fingerprint density at radius 2 is 1.83 bits per heavy atom. The standard InChI is InChI=1S/C11H20O/c1-4-5-6-7-8-10(2)9-11(3)12/h9H,4-8H2,1-3H3. The van der Waals surface area contributed by atoms with Crippen LogP contribution < -0.4 is 0 Å². The number of hydrogen-bond acceptors (Lipinski definition) is 1. The van der Waals surface area contributed by atoms with Gasteiger partial charge in [0.1, 0.15) is 0 Å². The van der Waals surface area contributed by atoms with Crippen LogP contribution in [0.3, 0.4) is 0 Å². The maximum Gasteiger partial charge on any atom is 0.152 e. The summed E-state index contributed by atoms with van der Waals surface area (Å²) in [6.07, 6.45) is 7.93. The highest BCUT2D eigenvalue weighted by Crippen LogP contribution is 2.09. The van der Waals surface area contributed by atoms with Gasteiger partial charge in [0.25, 0.3) is 0 Å². The smallest absolute Gasteiger partial charge is 0.152 e. The summed E-state index contributed by atoms with van der Waals surface area (Å²) >= 11 is 0. The second-order valence-electron chi connectivity index (χ2n) is 3.41. The van der Waals surface area contributed by atoms with Gasteiger partial charge in [0.15, 0.2) is 5.78 Å². The number of allylic oxidation sites excluding steroid dienone is 2. The third kappa shape index (κ3) is 7.52. The molecule has 0 saturated carbocycles. The largest absolute Gasteiger partial charge is 0.295 e. The summed E-state index contributed by atoms with van der Waals surface area (Å²) in [5.41, 5.74) is 1.22. The molecule has 0 aliphatic rings. The van der Waals surface area contributed by atoms with E-state index >= 15 is 0 Å². The van der Waals surface area contributed by atoms with Crippen LogP contribution in [0.2, 0.25) is 0 Å². The van der Waals surface area contributed by atoms with Crippen LogP contribution in [0.15, 0.2) is 11.6 Å². The summed E-state index contributed by atoms with van der Waals surface area (Å²) in [4.78, 5) is 10.7. The van der Waals surface area contributed by atoms with E-state index in [0.717, 1.165) is 6.42 Å². The first-order chi connectivity index (χ1) is 5.66. The van der Waals surface area contributed by atoms with Crippen LogP contribution in [-0.4, -0.2) is 5.78 Å². The lowest BCUT2D eigenvalue weighted by Crippen LogP contribution is -1.86. The summed E-state index contributed by atoms with van der Waals surface area (Å²) in [7, 11) is 0. The van der Waals surface area contributed by atoms with Gasteiger partial charge in [-0.1, -0.05) is 31.8 Å².